The average molecular weight is 346 g/mol. The number of imidazole rings is 1. The van der Waals surface area contributed by atoms with Gasteiger partial charge in [0.15, 0.2) is 5.65 Å². The van der Waals surface area contributed by atoms with Gasteiger partial charge in [0, 0.05) is 17.5 Å². The maximum atomic E-state index is 6.33. The number of nitrogens with zero attached hydrogens (tertiary/aromatic N) is 3. The fraction of sp³-hybridized carbons (Fsp3) is 0.600. The molecule has 1 atom stereocenters. The Kier molecular flexibility index (Phi) is 5.44. The number of hydrogen-bond acceptors (Lipinski definition) is 3. The van der Waals surface area contributed by atoms with E-state index in [0.29, 0.717) is 5.02 Å². The molecular formula is C15H21Cl2N3S. The third-order valence-corrected chi connectivity index (χ3v) is 6.08. The lowest BCUT2D eigenvalue weighted by Gasteiger charge is -2.31. The van der Waals surface area contributed by atoms with E-state index in [1.54, 1.807) is 6.20 Å². The van der Waals surface area contributed by atoms with Crippen LogP contribution in [0.1, 0.15) is 44.8 Å². The number of aromatic nitrogens is 3. The van der Waals surface area contributed by atoms with E-state index in [-0.39, 0.29) is 10.1 Å². The molecular weight excluding hydrogens is 325 g/mol. The SMILES string of the molecule is CCC(CC)(Cn1c(C(C)Cl)nc2cc(Cl)cnc21)SC. The van der Waals surface area contributed by atoms with Crippen LogP contribution in [0.3, 0.4) is 0 Å². The van der Waals surface area contributed by atoms with E-state index < -0.39 is 0 Å². The fourth-order valence-corrected chi connectivity index (χ4v) is 3.73. The molecule has 0 spiro atoms. The van der Waals surface area contributed by atoms with Crippen molar-refractivity contribution in [2.24, 2.45) is 0 Å². The molecule has 0 amide bonds. The maximum Gasteiger partial charge on any atom is 0.160 e. The number of rotatable bonds is 6. The number of hydrogen-bond donors (Lipinski definition) is 0. The van der Waals surface area contributed by atoms with Crippen molar-refractivity contribution < 1.29 is 0 Å². The van der Waals surface area contributed by atoms with Crippen molar-refractivity contribution in [3.8, 4) is 0 Å². The second kappa shape index (κ2) is 6.76. The molecule has 3 nitrogen and oxygen atoms in total. The van der Waals surface area contributed by atoms with Gasteiger partial charge in [0.25, 0.3) is 0 Å². The summed E-state index contributed by atoms with van der Waals surface area (Å²) in [7, 11) is 0. The zero-order valence-corrected chi connectivity index (χ0v) is 15.2. The molecule has 0 radical (unpaired) electrons. The molecule has 2 aromatic heterocycles. The first-order valence-corrected chi connectivity index (χ1v) is 9.21. The molecule has 0 saturated carbocycles. The summed E-state index contributed by atoms with van der Waals surface area (Å²) < 4.78 is 2.34. The van der Waals surface area contributed by atoms with Crippen LogP contribution in [0.5, 0.6) is 0 Å². The summed E-state index contributed by atoms with van der Waals surface area (Å²) in [4.78, 5) is 9.11. The molecule has 21 heavy (non-hydrogen) atoms. The first-order valence-electron chi connectivity index (χ1n) is 7.17. The van der Waals surface area contributed by atoms with Crippen LogP contribution >= 0.6 is 35.0 Å². The van der Waals surface area contributed by atoms with Crippen LogP contribution in [-0.2, 0) is 6.54 Å². The lowest BCUT2D eigenvalue weighted by molar-refractivity contribution is 0.462. The van der Waals surface area contributed by atoms with Crippen molar-refractivity contribution in [1.82, 2.24) is 14.5 Å². The molecule has 0 aliphatic heterocycles. The molecule has 1 unspecified atom stereocenters. The normalized spacial score (nSPS) is 13.8. The molecule has 0 saturated heterocycles. The van der Waals surface area contributed by atoms with Crippen LogP contribution in [0.2, 0.25) is 5.02 Å². The van der Waals surface area contributed by atoms with Crippen molar-refractivity contribution in [2.45, 2.75) is 50.3 Å². The highest BCUT2D eigenvalue weighted by Crippen LogP contribution is 2.35. The zero-order valence-electron chi connectivity index (χ0n) is 12.9. The summed E-state index contributed by atoms with van der Waals surface area (Å²) in [5.74, 6) is 0.863. The zero-order chi connectivity index (χ0) is 15.6. The molecule has 0 N–H and O–H groups in total. The summed E-state index contributed by atoms with van der Waals surface area (Å²) in [5.41, 5.74) is 1.68. The van der Waals surface area contributed by atoms with Crippen molar-refractivity contribution >= 4 is 46.1 Å². The minimum absolute atomic E-state index is 0.161. The lowest BCUT2D eigenvalue weighted by atomic mass is 10.0. The minimum Gasteiger partial charge on any atom is -0.310 e. The lowest BCUT2D eigenvalue weighted by Crippen LogP contribution is -2.30. The predicted molar refractivity (Wildman–Crippen MR) is 93.6 cm³/mol. The number of alkyl halides is 1. The van der Waals surface area contributed by atoms with Crippen LogP contribution < -0.4 is 0 Å². The highest BCUT2D eigenvalue weighted by Gasteiger charge is 2.28. The average Bonchev–Trinajstić information content (AvgIpc) is 2.82. The van der Waals surface area contributed by atoms with E-state index in [0.717, 1.165) is 36.4 Å². The van der Waals surface area contributed by atoms with E-state index in [4.69, 9.17) is 23.2 Å². The Bertz CT molecular complexity index is 612. The molecule has 0 aliphatic carbocycles. The molecule has 0 aromatic carbocycles. The summed E-state index contributed by atoms with van der Waals surface area (Å²) in [6.07, 6.45) is 6.02. The van der Waals surface area contributed by atoms with Gasteiger partial charge >= 0.3 is 0 Å². The molecule has 6 heteroatoms. The van der Waals surface area contributed by atoms with Gasteiger partial charge in [0.05, 0.1) is 10.4 Å². The summed E-state index contributed by atoms with van der Waals surface area (Å²) in [6, 6.07) is 1.85. The number of halogens is 2. The van der Waals surface area contributed by atoms with Gasteiger partial charge in [-0.3, -0.25) is 0 Å². The Morgan fingerprint density at radius 3 is 2.57 bits per heavy atom. The van der Waals surface area contributed by atoms with Crippen LogP contribution in [-0.4, -0.2) is 25.5 Å². The Hall–Kier alpha value is -0.450. The topological polar surface area (TPSA) is 30.7 Å². The minimum atomic E-state index is -0.161. The summed E-state index contributed by atoms with van der Waals surface area (Å²) in [6.45, 7) is 7.26. The Morgan fingerprint density at radius 2 is 2.05 bits per heavy atom. The number of pyridine rings is 1. The molecule has 116 valence electrons. The van der Waals surface area contributed by atoms with Gasteiger partial charge in [0.2, 0.25) is 0 Å². The first-order chi connectivity index (χ1) is 9.96. The van der Waals surface area contributed by atoms with Crippen molar-refractivity contribution in [1.29, 1.82) is 0 Å². The largest absolute Gasteiger partial charge is 0.310 e. The second-order valence-corrected chi connectivity index (χ2v) is 7.63. The quantitative estimate of drug-likeness (QED) is 0.665. The smallest absolute Gasteiger partial charge is 0.160 e. The van der Waals surface area contributed by atoms with Gasteiger partial charge in [-0.25, -0.2) is 9.97 Å². The van der Waals surface area contributed by atoms with Crippen LogP contribution in [0.25, 0.3) is 11.2 Å². The van der Waals surface area contributed by atoms with Crippen LogP contribution in [0.15, 0.2) is 12.3 Å². The molecule has 0 aliphatic rings. The first kappa shape index (κ1) is 16.9. The van der Waals surface area contributed by atoms with E-state index in [9.17, 15) is 0 Å². The van der Waals surface area contributed by atoms with Gasteiger partial charge < -0.3 is 4.57 Å². The monoisotopic (exact) mass is 345 g/mol. The van der Waals surface area contributed by atoms with E-state index in [1.165, 1.54) is 0 Å². The van der Waals surface area contributed by atoms with Crippen LogP contribution in [0.4, 0.5) is 0 Å². The van der Waals surface area contributed by atoms with Crippen LogP contribution in [0, 0.1) is 0 Å². The Morgan fingerprint density at radius 1 is 1.38 bits per heavy atom. The Balaban J connectivity index is 2.57. The fourth-order valence-electron chi connectivity index (χ4n) is 2.58. The van der Waals surface area contributed by atoms with Crippen molar-refractivity contribution in [3.05, 3.63) is 23.1 Å². The van der Waals surface area contributed by atoms with E-state index >= 15 is 0 Å². The highest BCUT2D eigenvalue weighted by atomic mass is 35.5. The van der Waals surface area contributed by atoms with Gasteiger partial charge in [-0.1, -0.05) is 25.4 Å². The van der Waals surface area contributed by atoms with Gasteiger partial charge in [-0.15, -0.1) is 11.6 Å². The van der Waals surface area contributed by atoms with Gasteiger partial charge in [0.1, 0.15) is 11.3 Å². The standard InChI is InChI=1S/C15H21Cl2N3S/c1-5-15(6-2,21-4)9-20-13(10(3)16)19-12-7-11(17)8-18-14(12)20/h7-8,10H,5-6,9H2,1-4H3. The maximum absolute atomic E-state index is 6.33. The summed E-state index contributed by atoms with van der Waals surface area (Å²) >= 11 is 14.3. The van der Waals surface area contributed by atoms with Crippen molar-refractivity contribution in [2.75, 3.05) is 6.26 Å². The molecule has 2 rings (SSSR count). The number of fused-ring (bicyclic) bond motifs is 1. The third-order valence-electron chi connectivity index (χ3n) is 4.10. The Labute approximate surface area is 140 Å². The third kappa shape index (κ3) is 3.33. The molecule has 2 aromatic rings. The molecule has 2 heterocycles. The van der Waals surface area contributed by atoms with Gasteiger partial charge in [-0.2, -0.15) is 11.8 Å². The van der Waals surface area contributed by atoms with E-state index in [2.05, 4.69) is 34.6 Å². The van der Waals surface area contributed by atoms with Crippen molar-refractivity contribution in [3.63, 3.8) is 0 Å². The summed E-state index contributed by atoms with van der Waals surface area (Å²) in [5, 5.41) is 0.439. The molecule has 0 fully saturated rings. The van der Waals surface area contributed by atoms with E-state index in [1.807, 2.05) is 24.8 Å². The molecule has 0 bridgehead atoms. The predicted octanol–water partition coefficient (Wildman–Crippen LogP) is 5.31. The van der Waals surface area contributed by atoms with Gasteiger partial charge in [-0.05, 0) is 32.1 Å². The second-order valence-electron chi connectivity index (χ2n) is 5.26. The highest BCUT2D eigenvalue weighted by molar-refractivity contribution is 8.00. The number of thioether (sulfide) groups is 1.